The van der Waals surface area contributed by atoms with E-state index in [0.717, 1.165) is 12.0 Å². The number of carbonyl (C=O) groups is 1. The maximum Gasteiger partial charge on any atom is 0.308 e. The normalized spacial score (nSPS) is 31.2. The van der Waals surface area contributed by atoms with Crippen LogP contribution in [0.1, 0.15) is 24.8 Å². The Bertz CT molecular complexity index is 666. The zero-order valence-electron chi connectivity index (χ0n) is 13.8. The van der Waals surface area contributed by atoms with Crippen LogP contribution in [0.3, 0.4) is 0 Å². The molecular formula is C18H22O5. The van der Waals surface area contributed by atoms with Gasteiger partial charge in [-0.15, -0.1) is 0 Å². The Morgan fingerprint density at radius 2 is 1.74 bits per heavy atom. The number of allylic oxidation sites excluding steroid dienone is 2. The SMILES string of the molecule is COc1cc(OC)c(C2C3C=CC(C)(C3)C2C(=O)O)cc1OC. The van der Waals surface area contributed by atoms with Crippen LogP contribution in [0.2, 0.25) is 0 Å². The van der Waals surface area contributed by atoms with Gasteiger partial charge in [0.15, 0.2) is 11.5 Å². The van der Waals surface area contributed by atoms with Crippen molar-refractivity contribution >= 4 is 5.97 Å². The highest BCUT2D eigenvalue weighted by atomic mass is 16.5. The molecule has 5 nitrogen and oxygen atoms in total. The molecule has 1 fully saturated rings. The first-order chi connectivity index (χ1) is 10.9. The second kappa shape index (κ2) is 5.48. The molecule has 4 unspecified atom stereocenters. The van der Waals surface area contributed by atoms with Gasteiger partial charge < -0.3 is 19.3 Å². The number of hydrogen-bond acceptors (Lipinski definition) is 4. The molecule has 0 aromatic heterocycles. The van der Waals surface area contributed by atoms with Crippen molar-refractivity contribution in [3.8, 4) is 17.2 Å². The monoisotopic (exact) mass is 318 g/mol. The topological polar surface area (TPSA) is 65.0 Å². The van der Waals surface area contributed by atoms with Gasteiger partial charge >= 0.3 is 5.97 Å². The van der Waals surface area contributed by atoms with Crippen LogP contribution in [0.25, 0.3) is 0 Å². The lowest BCUT2D eigenvalue weighted by Gasteiger charge is -2.31. The van der Waals surface area contributed by atoms with Gasteiger partial charge in [0.05, 0.1) is 27.2 Å². The van der Waals surface area contributed by atoms with E-state index in [4.69, 9.17) is 14.2 Å². The lowest BCUT2D eigenvalue weighted by Crippen LogP contribution is -2.32. The third-order valence-electron chi connectivity index (χ3n) is 5.29. The van der Waals surface area contributed by atoms with E-state index in [1.807, 2.05) is 13.0 Å². The largest absolute Gasteiger partial charge is 0.496 e. The Morgan fingerprint density at radius 1 is 1.13 bits per heavy atom. The Morgan fingerprint density at radius 3 is 2.30 bits per heavy atom. The molecule has 0 saturated heterocycles. The quantitative estimate of drug-likeness (QED) is 0.845. The summed E-state index contributed by atoms with van der Waals surface area (Å²) >= 11 is 0. The van der Waals surface area contributed by atoms with Crippen LogP contribution < -0.4 is 14.2 Å². The highest BCUT2D eigenvalue weighted by Crippen LogP contribution is 2.61. The number of ether oxygens (including phenoxy) is 3. The molecule has 2 bridgehead atoms. The first-order valence-electron chi connectivity index (χ1n) is 7.67. The predicted octanol–water partition coefficient (Wildman–Crippen LogP) is 3.09. The Kier molecular flexibility index (Phi) is 3.74. The number of carboxylic acid groups (broad SMARTS) is 1. The minimum absolute atomic E-state index is 0.128. The summed E-state index contributed by atoms with van der Waals surface area (Å²) in [6.07, 6.45) is 5.05. The molecule has 1 saturated carbocycles. The van der Waals surface area contributed by atoms with Gasteiger partial charge in [0, 0.05) is 17.5 Å². The van der Waals surface area contributed by atoms with Gasteiger partial charge in [-0.05, 0) is 23.8 Å². The lowest BCUT2D eigenvalue weighted by molar-refractivity contribution is -0.144. The predicted molar refractivity (Wildman–Crippen MR) is 85.3 cm³/mol. The summed E-state index contributed by atoms with van der Waals surface area (Å²) < 4.78 is 16.2. The summed E-state index contributed by atoms with van der Waals surface area (Å²) in [7, 11) is 4.73. The number of carboxylic acids is 1. The number of hydrogen-bond donors (Lipinski definition) is 1. The van der Waals surface area contributed by atoms with Crippen molar-refractivity contribution in [3.05, 3.63) is 29.8 Å². The van der Waals surface area contributed by atoms with Crippen LogP contribution in [-0.2, 0) is 4.79 Å². The fraction of sp³-hybridized carbons (Fsp3) is 0.500. The van der Waals surface area contributed by atoms with E-state index in [1.165, 1.54) is 0 Å². The molecule has 0 aliphatic heterocycles. The molecule has 2 aliphatic rings. The molecule has 1 aromatic rings. The zero-order valence-corrected chi connectivity index (χ0v) is 13.8. The van der Waals surface area contributed by atoms with E-state index < -0.39 is 11.9 Å². The Balaban J connectivity index is 2.14. The third kappa shape index (κ3) is 2.26. The van der Waals surface area contributed by atoms with Crippen LogP contribution in [-0.4, -0.2) is 32.4 Å². The highest BCUT2D eigenvalue weighted by Gasteiger charge is 2.56. The summed E-state index contributed by atoms with van der Waals surface area (Å²) in [5.74, 6) is 0.647. The van der Waals surface area contributed by atoms with E-state index in [0.29, 0.717) is 17.2 Å². The van der Waals surface area contributed by atoms with E-state index >= 15 is 0 Å². The van der Waals surface area contributed by atoms with Crippen molar-refractivity contribution in [2.24, 2.45) is 17.3 Å². The van der Waals surface area contributed by atoms with Gasteiger partial charge in [-0.3, -0.25) is 4.79 Å². The second-order valence-corrected chi connectivity index (χ2v) is 6.52. The molecule has 4 atom stereocenters. The average Bonchev–Trinajstić information content (AvgIpc) is 3.06. The van der Waals surface area contributed by atoms with Crippen molar-refractivity contribution in [3.63, 3.8) is 0 Å². The van der Waals surface area contributed by atoms with E-state index in [2.05, 4.69) is 12.2 Å². The number of methoxy groups -OCH3 is 3. The minimum atomic E-state index is -0.763. The van der Waals surface area contributed by atoms with Gasteiger partial charge in [0.2, 0.25) is 0 Å². The third-order valence-corrected chi connectivity index (χ3v) is 5.29. The summed E-state index contributed by atoms with van der Waals surface area (Å²) in [4.78, 5) is 11.9. The number of benzene rings is 1. The van der Waals surface area contributed by atoms with Crippen LogP contribution in [0.15, 0.2) is 24.3 Å². The van der Waals surface area contributed by atoms with Gasteiger partial charge in [-0.2, -0.15) is 0 Å². The maximum absolute atomic E-state index is 11.9. The molecule has 0 spiro atoms. The van der Waals surface area contributed by atoms with Crippen molar-refractivity contribution in [2.75, 3.05) is 21.3 Å². The number of fused-ring (bicyclic) bond motifs is 2. The second-order valence-electron chi connectivity index (χ2n) is 6.52. The number of rotatable bonds is 5. The minimum Gasteiger partial charge on any atom is -0.496 e. The molecule has 1 N–H and O–H groups in total. The first-order valence-corrected chi connectivity index (χ1v) is 7.67. The molecule has 0 amide bonds. The summed E-state index contributed by atoms with van der Waals surface area (Å²) in [6.45, 7) is 2.02. The molecule has 124 valence electrons. The standard InChI is InChI=1S/C18H22O5/c1-18-6-5-10(9-18)15(16(18)17(19)20)11-7-13(22-3)14(23-4)8-12(11)21-2/h5-8,10,15-16H,9H2,1-4H3,(H,19,20). The first kappa shape index (κ1) is 15.7. The van der Waals surface area contributed by atoms with E-state index in [-0.39, 0.29) is 17.3 Å². The lowest BCUT2D eigenvalue weighted by atomic mass is 9.72. The molecule has 5 heteroatoms. The molecule has 2 aliphatic carbocycles. The van der Waals surface area contributed by atoms with Gasteiger partial charge in [-0.25, -0.2) is 0 Å². The Hall–Kier alpha value is -2.17. The maximum atomic E-state index is 11.9. The molecule has 0 radical (unpaired) electrons. The molecule has 1 aromatic carbocycles. The van der Waals surface area contributed by atoms with E-state index in [1.54, 1.807) is 27.4 Å². The summed E-state index contributed by atoms with van der Waals surface area (Å²) in [6, 6.07) is 3.63. The number of aliphatic carboxylic acids is 1. The van der Waals surface area contributed by atoms with Crippen LogP contribution >= 0.6 is 0 Å². The van der Waals surface area contributed by atoms with Crippen LogP contribution in [0.4, 0.5) is 0 Å². The van der Waals surface area contributed by atoms with Gasteiger partial charge in [0.1, 0.15) is 5.75 Å². The summed E-state index contributed by atoms with van der Waals surface area (Å²) in [5, 5.41) is 9.79. The van der Waals surface area contributed by atoms with Crippen molar-refractivity contribution in [1.82, 2.24) is 0 Å². The fourth-order valence-electron chi connectivity index (χ4n) is 4.28. The fourth-order valence-corrected chi connectivity index (χ4v) is 4.28. The van der Waals surface area contributed by atoms with Crippen LogP contribution in [0, 0.1) is 17.3 Å². The van der Waals surface area contributed by atoms with Crippen molar-refractivity contribution < 1.29 is 24.1 Å². The zero-order chi connectivity index (χ0) is 16.8. The molecule has 3 rings (SSSR count). The van der Waals surface area contributed by atoms with Crippen LogP contribution in [0.5, 0.6) is 17.2 Å². The molecular weight excluding hydrogens is 296 g/mol. The van der Waals surface area contributed by atoms with E-state index in [9.17, 15) is 9.90 Å². The smallest absolute Gasteiger partial charge is 0.308 e. The average molecular weight is 318 g/mol. The van der Waals surface area contributed by atoms with Gasteiger partial charge in [-0.1, -0.05) is 19.1 Å². The van der Waals surface area contributed by atoms with Gasteiger partial charge in [0.25, 0.3) is 0 Å². The Labute approximate surface area is 135 Å². The summed E-state index contributed by atoms with van der Waals surface area (Å²) in [5.41, 5.74) is 0.565. The molecule has 23 heavy (non-hydrogen) atoms. The van der Waals surface area contributed by atoms with Crippen molar-refractivity contribution in [2.45, 2.75) is 19.3 Å². The van der Waals surface area contributed by atoms with Crippen molar-refractivity contribution in [1.29, 1.82) is 0 Å². The molecule has 0 heterocycles. The highest BCUT2D eigenvalue weighted by molar-refractivity contribution is 5.75.